The first-order valence-electron chi connectivity index (χ1n) is 9.24. The van der Waals surface area contributed by atoms with Crippen molar-refractivity contribution in [2.75, 3.05) is 31.3 Å². The predicted molar refractivity (Wildman–Crippen MR) is 113 cm³/mol. The molecule has 1 atom stereocenters. The lowest BCUT2D eigenvalue weighted by Crippen LogP contribution is -2.43. The SMILES string of the molecule is COc1ccccc1NC(=O)C(C)N(C)CC(=O)Nc1c(C)cc(C)cc1C. The van der Waals surface area contributed by atoms with Gasteiger partial charge in [-0.3, -0.25) is 14.5 Å². The normalized spacial score (nSPS) is 11.8. The van der Waals surface area contributed by atoms with E-state index in [0.717, 1.165) is 22.4 Å². The molecule has 0 fully saturated rings. The third-order valence-corrected chi connectivity index (χ3v) is 4.74. The maximum atomic E-state index is 12.6. The summed E-state index contributed by atoms with van der Waals surface area (Å²) in [6.45, 7) is 7.85. The van der Waals surface area contributed by atoms with Crippen LogP contribution in [0.4, 0.5) is 11.4 Å². The van der Waals surface area contributed by atoms with Gasteiger partial charge in [0.1, 0.15) is 5.75 Å². The number of amides is 2. The Hall–Kier alpha value is -2.86. The number of aryl methyl sites for hydroxylation is 3. The number of anilines is 2. The largest absolute Gasteiger partial charge is 0.495 e. The summed E-state index contributed by atoms with van der Waals surface area (Å²) in [4.78, 5) is 26.8. The monoisotopic (exact) mass is 383 g/mol. The van der Waals surface area contributed by atoms with E-state index in [-0.39, 0.29) is 18.4 Å². The molecule has 0 spiro atoms. The zero-order valence-corrected chi connectivity index (χ0v) is 17.4. The highest BCUT2D eigenvalue weighted by molar-refractivity contribution is 5.97. The number of hydrogen-bond donors (Lipinski definition) is 2. The highest BCUT2D eigenvalue weighted by Gasteiger charge is 2.21. The number of methoxy groups -OCH3 is 1. The van der Waals surface area contributed by atoms with Crippen molar-refractivity contribution < 1.29 is 14.3 Å². The van der Waals surface area contributed by atoms with Crippen molar-refractivity contribution in [3.63, 3.8) is 0 Å². The van der Waals surface area contributed by atoms with Gasteiger partial charge in [0, 0.05) is 5.69 Å². The van der Waals surface area contributed by atoms with Crippen molar-refractivity contribution in [1.82, 2.24) is 4.90 Å². The zero-order valence-electron chi connectivity index (χ0n) is 17.4. The molecule has 150 valence electrons. The lowest BCUT2D eigenvalue weighted by Gasteiger charge is -2.24. The van der Waals surface area contributed by atoms with Gasteiger partial charge in [-0.15, -0.1) is 0 Å². The Balaban J connectivity index is 1.98. The molecule has 0 heterocycles. The fourth-order valence-corrected chi connectivity index (χ4v) is 3.10. The van der Waals surface area contributed by atoms with E-state index < -0.39 is 6.04 Å². The molecule has 2 amide bonds. The van der Waals surface area contributed by atoms with Crippen LogP contribution in [0.5, 0.6) is 5.75 Å². The van der Waals surface area contributed by atoms with Gasteiger partial charge in [0.25, 0.3) is 0 Å². The quantitative estimate of drug-likeness (QED) is 0.767. The number of ether oxygens (including phenoxy) is 1. The van der Waals surface area contributed by atoms with Gasteiger partial charge < -0.3 is 15.4 Å². The lowest BCUT2D eigenvalue weighted by atomic mass is 10.1. The van der Waals surface area contributed by atoms with Gasteiger partial charge in [0.2, 0.25) is 11.8 Å². The van der Waals surface area contributed by atoms with Crippen LogP contribution < -0.4 is 15.4 Å². The number of benzene rings is 2. The molecule has 0 aliphatic heterocycles. The highest BCUT2D eigenvalue weighted by atomic mass is 16.5. The molecule has 2 rings (SSSR count). The Bertz CT molecular complexity index is 841. The predicted octanol–water partition coefficient (Wildman–Crippen LogP) is 3.52. The van der Waals surface area contributed by atoms with Crippen LogP contribution in [0.2, 0.25) is 0 Å². The summed E-state index contributed by atoms with van der Waals surface area (Å²) in [7, 11) is 3.31. The third kappa shape index (κ3) is 5.33. The molecule has 2 aromatic rings. The molecule has 0 radical (unpaired) electrons. The Morgan fingerprint density at radius 1 is 1.07 bits per heavy atom. The molecule has 0 saturated carbocycles. The Kier molecular flexibility index (Phi) is 7.18. The first-order chi connectivity index (χ1) is 13.2. The molecule has 6 nitrogen and oxygen atoms in total. The van der Waals surface area contributed by atoms with Crippen LogP contribution in [-0.4, -0.2) is 43.5 Å². The summed E-state index contributed by atoms with van der Waals surface area (Å²) in [5.74, 6) is 0.228. The maximum absolute atomic E-state index is 12.6. The van der Waals surface area contributed by atoms with Crippen LogP contribution in [0.1, 0.15) is 23.6 Å². The second-order valence-electron chi connectivity index (χ2n) is 7.10. The number of carbonyl (C=O) groups is 2. The second-order valence-corrected chi connectivity index (χ2v) is 7.10. The molecule has 2 aromatic carbocycles. The molecule has 2 N–H and O–H groups in total. The minimum Gasteiger partial charge on any atom is -0.495 e. The van der Waals surface area contributed by atoms with Crippen LogP contribution in [-0.2, 0) is 9.59 Å². The number of nitrogens with one attached hydrogen (secondary N) is 2. The maximum Gasteiger partial charge on any atom is 0.241 e. The fourth-order valence-electron chi connectivity index (χ4n) is 3.10. The highest BCUT2D eigenvalue weighted by Crippen LogP contribution is 2.24. The summed E-state index contributed by atoms with van der Waals surface area (Å²) < 4.78 is 5.26. The molecule has 0 aliphatic rings. The fraction of sp³-hybridized carbons (Fsp3) is 0.364. The van der Waals surface area contributed by atoms with Gasteiger partial charge in [-0.05, 0) is 58.0 Å². The van der Waals surface area contributed by atoms with Crippen LogP contribution in [0.25, 0.3) is 0 Å². The van der Waals surface area contributed by atoms with Gasteiger partial charge in [0.05, 0.1) is 25.4 Å². The second kappa shape index (κ2) is 9.37. The zero-order chi connectivity index (χ0) is 20.8. The van der Waals surface area contributed by atoms with Gasteiger partial charge >= 0.3 is 0 Å². The molecule has 0 aliphatic carbocycles. The van der Waals surface area contributed by atoms with Gasteiger partial charge in [-0.1, -0.05) is 29.8 Å². The van der Waals surface area contributed by atoms with E-state index in [4.69, 9.17) is 4.74 Å². The summed E-state index contributed by atoms with van der Waals surface area (Å²) in [5, 5.41) is 5.82. The van der Waals surface area contributed by atoms with E-state index in [1.165, 1.54) is 0 Å². The lowest BCUT2D eigenvalue weighted by molar-refractivity contribution is -0.122. The number of rotatable bonds is 7. The molecule has 28 heavy (non-hydrogen) atoms. The molecular weight excluding hydrogens is 354 g/mol. The molecular formula is C22H29N3O3. The van der Waals surface area contributed by atoms with Crippen molar-refractivity contribution in [2.45, 2.75) is 33.7 Å². The Morgan fingerprint density at radius 2 is 1.68 bits per heavy atom. The minimum absolute atomic E-state index is 0.104. The van der Waals surface area contributed by atoms with Gasteiger partial charge in [0.15, 0.2) is 0 Å². The van der Waals surface area contributed by atoms with E-state index in [9.17, 15) is 9.59 Å². The molecule has 0 aromatic heterocycles. The third-order valence-electron chi connectivity index (χ3n) is 4.74. The molecule has 0 saturated heterocycles. The first-order valence-corrected chi connectivity index (χ1v) is 9.24. The molecule has 6 heteroatoms. The number of hydrogen-bond acceptors (Lipinski definition) is 4. The van der Waals surface area contributed by atoms with Crippen LogP contribution in [0, 0.1) is 20.8 Å². The van der Waals surface area contributed by atoms with Crippen molar-refractivity contribution in [2.24, 2.45) is 0 Å². The topological polar surface area (TPSA) is 70.7 Å². The van der Waals surface area contributed by atoms with E-state index in [2.05, 4.69) is 10.6 Å². The summed E-state index contributed by atoms with van der Waals surface area (Å²) in [5.41, 5.74) is 4.64. The van der Waals surface area contributed by atoms with E-state index in [1.807, 2.05) is 45.0 Å². The number of nitrogens with zero attached hydrogens (tertiary/aromatic N) is 1. The average molecular weight is 383 g/mol. The van der Waals surface area contributed by atoms with Crippen LogP contribution in [0.15, 0.2) is 36.4 Å². The Labute approximate surface area is 166 Å². The summed E-state index contributed by atoms with van der Waals surface area (Å²) in [6.07, 6.45) is 0. The van der Waals surface area contributed by atoms with Crippen molar-refractivity contribution in [1.29, 1.82) is 0 Å². The van der Waals surface area contributed by atoms with Crippen molar-refractivity contribution in [3.8, 4) is 5.75 Å². The van der Waals surface area contributed by atoms with Crippen LogP contribution >= 0.6 is 0 Å². The summed E-state index contributed by atoms with van der Waals surface area (Å²) in [6, 6.07) is 10.8. The number of para-hydroxylation sites is 2. The minimum atomic E-state index is -0.490. The van der Waals surface area contributed by atoms with E-state index >= 15 is 0 Å². The van der Waals surface area contributed by atoms with Crippen LogP contribution in [0.3, 0.4) is 0 Å². The standard InChI is InChI=1S/C22H29N3O3/c1-14-11-15(2)21(16(3)12-14)24-20(26)13-25(5)17(4)22(27)23-18-9-7-8-10-19(18)28-6/h7-12,17H,13H2,1-6H3,(H,23,27)(H,24,26). The van der Waals surface area contributed by atoms with E-state index in [1.54, 1.807) is 38.1 Å². The molecule has 1 unspecified atom stereocenters. The number of carbonyl (C=O) groups excluding carboxylic acids is 2. The first kappa shape index (κ1) is 21.4. The van der Waals surface area contributed by atoms with Gasteiger partial charge in [-0.25, -0.2) is 0 Å². The molecule has 0 bridgehead atoms. The smallest absolute Gasteiger partial charge is 0.241 e. The Morgan fingerprint density at radius 3 is 2.29 bits per heavy atom. The van der Waals surface area contributed by atoms with E-state index in [0.29, 0.717) is 11.4 Å². The van der Waals surface area contributed by atoms with Crippen molar-refractivity contribution in [3.05, 3.63) is 53.1 Å². The van der Waals surface area contributed by atoms with Crippen molar-refractivity contribution >= 4 is 23.2 Å². The van der Waals surface area contributed by atoms with Gasteiger partial charge in [-0.2, -0.15) is 0 Å². The average Bonchev–Trinajstić information content (AvgIpc) is 2.64. The number of likely N-dealkylation sites (N-methyl/N-ethyl adjacent to an activating group) is 1. The summed E-state index contributed by atoms with van der Waals surface area (Å²) >= 11 is 0.